The van der Waals surface area contributed by atoms with Crippen molar-refractivity contribution < 1.29 is 0 Å². The van der Waals surface area contributed by atoms with Gasteiger partial charge >= 0.3 is 0 Å². The fraction of sp³-hybridized carbons (Fsp3) is 0.200. The fourth-order valence-corrected chi connectivity index (χ4v) is 11.5. The Morgan fingerprint density at radius 3 is 0.911 bits per heavy atom. The van der Waals surface area contributed by atoms with Crippen LogP contribution < -0.4 is 9.80 Å². The summed E-state index contributed by atoms with van der Waals surface area (Å²) in [6.07, 6.45) is 0. The molecule has 0 saturated carbocycles. The lowest BCUT2D eigenvalue weighted by molar-refractivity contribution is 0.568. The monoisotopic (exact) mass is 1170 g/mol. The molecule has 0 unspecified atom stereocenters. The third-order valence-corrected chi connectivity index (χ3v) is 16.7. The van der Waals surface area contributed by atoms with Gasteiger partial charge in [-0.05, 0) is 111 Å². The van der Waals surface area contributed by atoms with Gasteiger partial charge in [-0.2, -0.15) is 0 Å². The molecule has 13 rings (SSSR count). The van der Waals surface area contributed by atoms with Crippen LogP contribution in [0.5, 0.6) is 0 Å². The molecule has 444 valence electrons. The van der Waals surface area contributed by atoms with E-state index in [1.165, 1.54) is 22.3 Å². The second-order valence-electron chi connectivity index (χ2n) is 27.5. The van der Waals surface area contributed by atoms with Crippen LogP contribution in [-0.2, 0) is 21.7 Å². The van der Waals surface area contributed by atoms with Gasteiger partial charge in [-0.3, -0.25) is 4.90 Å². The predicted octanol–water partition coefficient (Wildman–Crippen LogP) is 20.6. The van der Waals surface area contributed by atoms with Crippen molar-refractivity contribution >= 4 is 34.3 Å². The Bertz CT molecular complexity index is 4310. The molecule has 0 fully saturated rings. The predicted molar refractivity (Wildman–Crippen MR) is 370 cm³/mol. The van der Waals surface area contributed by atoms with Gasteiger partial charge in [0.05, 0.1) is 34.1 Å². The normalized spacial score (nSPS) is 12.6. The highest BCUT2D eigenvalue weighted by Gasteiger charge is 2.34. The molecule has 1 aliphatic heterocycles. The SMILES string of the molecule is CC(C)(C)c1cc(-c2nc(-c3cc(C(C)(C)C)cc(C(C)(C)C)c3)nc(-c3ccc(N4c5ccccc5N(c5cc(-c6ccccc6)nc(-c6ccccc6)n5)c5ccccc54)c(-c4nc(-c5ccccc5)nc(-c5ccccc5)n4)c3)n2)cc(C(C)(C)C)c1. The molecule has 0 bridgehead atoms. The number of rotatable bonds is 10. The maximum atomic E-state index is 5.56. The van der Waals surface area contributed by atoms with Crippen LogP contribution in [0.4, 0.5) is 34.3 Å². The molecule has 0 atom stereocenters. The van der Waals surface area contributed by atoms with Gasteiger partial charge < -0.3 is 4.90 Å². The highest BCUT2D eigenvalue weighted by molar-refractivity contribution is 6.04. The zero-order chi connectivity index (χ0) is 62.7. The largest absolute Gasteiger partial charge is 0.306 e. The minimum atomic E-state index is -0.155. The Morgan fingerprint density at radius 2 is 0.533 bits per heavy atom. The number of nitrogens with zero attached hydrogens (tertiary/aromatic N) is 10. The summed E-state index contributed by atoms with van der Waals surface area (Å²) in [5.74, 6) is 4.59. The molecule has 10 nitrogen and oxygen atoms in total. The Morgan fingerprint density at radius 1 is 0.222 bits per heavy atom. The van der Waals surface area contributed by atoms with Crippen molar-refractivity contribution in [2.45, 2.75) is 105 Å². The summed E-state index contributed by atoms with van der Waals surface area (Å²) >= 11 is 0. The lowest BCUT2D eigenvalue weighted by Crippen LogP contribution is -2.25. The molecular weight excluding hydrogens is 1100 g/mol. The van der Waals surface area contributed by atoms with Crippen molar-refractivity contribution in [2.75, 3.05) is 9.80 Å². The van der Waals surface area contributed by atoms with Crippen molar-refractivity contribution in [2.24, 2.45) is 0 Å². The van der Waals surface area contributed by atoms with E-state index in [1.54, 1.807) is 0 Å². The van der Waals surface area contributed by atoms with Gasteiger partial charge in [0.1, 0.15) is 5.82 Å². The van der Waals surface area contributed by atoms with Gasteiger partial charge in [-0.25, -0.2) is 39.9 Å². The molecular formula is C80H74N10. The van der Waals surface area contributed by atoms with Gasteiger partial charge in [-0.1, -0.05) is 241 Å². The van der Waals surface area contributed by atoms with Gasteiger partial charge in [0, 0.05) is 50.6 Å². The van der Waals surface area contributed by atoms with Crippen LogP contribution in [0.3, 0.4) is 0 Å². The highest BCUT2D eigenvalue weighted by atomic mass is 15.3. The molecule has 90 heavy (non-hydrogen) atoms. The molecule has 1 aliphatic rings. The molecule has 10 heteroatoms. The second-order valence-corrected chi connectivity index (χ2v) is 27.5. The fourth-order valence-electron chi connectivity index (χ4n) is 11.5. The molecule has 9 aromatic carbocycles. The van der Waals surface area contributed by atoms with Crippen molar-refractivity contribution in [3.63, 3.8) is 0 Å². The topological polar surface area (TPSA) is 110 Å². The maximum absolute atomic E-state index is 5.56. The molecule has 12 aromatic rings. The summed E-state index contributed by atoms with van der Waals surface area (Å²) in [6, 6.07) is 80.1. The molecule has 0 spiro atoms. The number of benzene rings is 9. The molecule has 0 radical (unpaired) electrons. The smallest absolute Gasteiger partial charge is 0.166 e. The van der Waals surface area contributed by atoms with Crippen molar-refractivity contribution in [1.82, 2.24) is 39.9 Å². The number of aromatic nitrogens is 8. The highest BCUT2D eigenvalue weighted by Crippen LogP contribution is 2.56. The van der Waals surface area contributed by atoms with Crippen LogP contribution in [0.2, 0.25) is 0 Å². The van der Waals surface area contributed by atoms with E-state index < -0.39 is 0 Å². The first-order valence-corrected chi connectivity index (χ1v) is 31.0. The number of hydrogen-bond donors (Lipinski definition) is 0. The number of fused-ring (bicyclic) bond motifs is 2. The van der Waals surface area contributed by atoms with Gasteiger partial charge in [0.15, 0.2) is 40.8 Å². The Labute approximate surface area is 529 Å². The quantitative estimate of drug-likeness (QED) is 0.131. The van der Waals surface area contributed by atoms with E-state index in [9.17, 15) is 0 Å². The first kappa shape index (κ1) is 58.7. The average Bonchev–Trinajstić information content (AvgIpc) is 0.741. The first-order chi connectivity index (χ1) is 43.1. The average molecular weight is 1180 g/mol. The minimum Gasteiger partial charge on any atom is -0.306 e. The van der Waals surface area contributed by atoms with Gasteiger partial charge in [0.2, 0.25) is 0 Å². The van der Waals surface area contributed by atoms with E-state index >= 15 is 0 Å². The summed E-state index contributed by atoms with van der Waals surface area (Å²) in [4.78, 5) is 48.0. The maximum Gasteiger partial charge on any atom is 0.166 e. The molecule has 3 aromatic heterocycles. The lowest BCUT2D eigenvalue weighted by atomic mass is 9.79. The summed E-state index contributed by atoms with van der Waals surface area (Å²) < 4.78 is 0. The first-order valence-electron chi connectivity index (χ1n) is 31.0. The van der Waals surface area contributed by atoms with Crippen LogP contribution in [0.25, 0.3) is 91.0 Å². The third kappa shape index (κ3) is 11.8. The summed E-state index contributed by atoms with van der Waals surface area (Å²) in [5, 5.41) is 0. The minimum absolute atomic E-state index is 0.155. The van der Waals surface area contributed by atoms with E-state index in [0.717, 1.165) is 84.5 Å². The van der Waals surface area contributed by atoms with Crippen molar-refractivity contribution in [3.8, 4) is 91.0 Å². The van der Waals surface area contributed by atoms with E-state index in [1.807, 2.05) is 97.1 Å². The zero-order valence-corrected chi connectivity index (χ0v) is 53.4. The molecule has 0 N–H and O–H groups in total. The lowest BCUT2D eigenvalue weighted by Gasteiger charge is -2.40. The van der Waals surface area contributed by atoms with Crippen LogP contribution in [0, 0.1) is 0 Å². The Balaban J connectivity index is 1.08. The van der Waals surface area contributed by atoms with Crippen molar-refractivity contribution in [1.29, 1.82) is 0 Å². The van der Waals surface area contributed by atoms with E-state index in [4.69, 9.17) is 39.9 Å². The number of hydrogen-bond acceptors (Lipinski definition) is 10. The van der Waals surface area contributed by atoms with Gasteiger partial charge in [0.25, 0.3) is 0 Å². The summed E-state index contributed by atoms with van der Waals surface area (Å²) in [6.45, 7) is 27.2. The van der Waals surface area contributed by atoms with Crippen molar-refractivity contribution in [3.05, 3.63) is 253 Å². The standard InChI is InChI=1S/C80H74N10/c1-77(2,3)58-43-56(44-59(48-58)78(4,5)6)74-84-73(85-75(86-74)57-45-60(79(7,8)9)49-61(46-57)80(10,11)12)55-41-42-64(62(47-55)76-87-71(53-33-21-15-22-34-53)83-72(88-76)54-35-23-16-24-36-54)89-65-37-25-27-39-67(65)90(68-40-28-26-38-66(68)89)69-50-63(51-29-17-13-18-30-51)81-70(82-69)52-31-19-14-20-32-52/h13-50H,1-12H3. The molecule has 0 aliphatic carbocycles. The number of anilines is 6. The summed E-state index contributed by atoms with van der Waals surface area (Å²) in [7, 11) is 0. The van der Waals surface area contributed by atoms with Crippen LogP contribution >= 0.6 is 0 Å². The molecule has 0 saturated heterocycles. The molecule has 4 heterocycles. The van der Waals surface area contributed by atoms with Crippen LogP contribution in [0.15, 0.2) is 231 Å². The van der Waals surface area contributed by atoms with Crippen LogP contribution in [0.1, 0.15) is 105 Å². The van der Waals surface area contributed by atoms with E-state index in [2.05, 4.69) is 226 Å². The molecule has 0 amide bonds. The van der Waals surface area contributed by atoms with E-state index in [-0.39, 0.29) is 21.7 Å². The van der Waals surface area contributed by atoms with Crippen LogP contribution in [-0.4, -0.2) is 39.9 Å². The van der Waals surface area contributed by atoms with E-state index in [0.29, 0.717) is 40.8 Å². The third-order valence-electron chi connectivity index (χ3n) is 16.7. The Kier molecular flexibility index (Phi) is 15.0. The summed E-state index contributed by atoms with van der Waals surface area (Å²) in [5.41, 5.74) is 16.5. The van der Waals surface area contributed by atoms with Gasteiger partial charge in [-0.15, -0.1) is 0 Å². The zero-order valence-electron chi connectivity index (χ0n) is 53.4. The number of para-hydroxylation sites is 4. The Hall–Kier alpha value is -10.3. The second kappa shape index (κ2) is 23.0.